The van der Waals surface area contributed by atoms with Gasteiger partial charge in [-0.15, -0.1) is 12.4 Å². The second-order valence-corrected chi connectivity index (χ2v) is 10.7. The molecule has 0 aromatic heterocycles. The van der Waals surface area contributed by atoms with Crippen LogP contribution in [-0.4, -0.2) is 63.2 Å². The monoisotopic (exact) mass is 524 g/mol. The van der Waals surface area contributed by atoms with E-state index in [-0.39, 0.29) is 24.5 Å². The quantitative estimate of drug-likeness (QED) is 0.471. The molecule has 2 N–H and O–H groups in total. The van der Waals surface area contributed by atoms with E-state index in [1.807, 2.05) is 19.2 Å². The summed E-state index contributed by atoms with van der Waals surface area (Å²) in [5.74, 6) is 1.36. The average Bonchev–Trinajstić information content (AvgIpc) is 2.80. The van der Waals surface area contributed by atoms with Crippen LogP contribution >= 0.6 is 12.4 Å². The Morgan fingerprint density at radius 1 is 1.06 bits per heavy atom. The van der Waals surface area contributed by atoms with Crippen molar-refractivity contribution < 1.29 is 17.9 Å². The fourth-order valence-electron chi connectivity index (χ4n) is 3.88. The highest BCUT2D eigenvalue weighted by atomic mass is 35.5. The van der Waals surface area contributed by atoms with E-state index in [1.165, 1.54) is 5.56 Å². The SMILES string of the molecule is CCCCN(C)C(=O)NC1CCN(Cc2ccc(Oc3ccc(NS(C)(=O)=O)cc3)cc2)CC1.Cl. The Kier molecular flexibility index (Phi) is 11.1. The van der Waals surface area contributed by atoms with E-state index >= 15 is 0 Å². The molecule has 0 aliphatic carbocycles. The zero-order chi connectivity index (χ0) is 24.6. The van der Waals surface area contributed by atoms with Crippen molar-refractivity contribution in [2.75, 3.05) is 37.7 Å². The van der Waals surface area contributed by atoms with Crippen molar-refractivity contribution in [1.82, 2.24) is 15.1 Å². The van der Waals surface area contributed by atoms with Gasteiger partial charge >= 0.3 is 6.03 Å². The Labute approximate surface area is 215 Å². The molecule has 3 rings (SSSR count). The van der Waals surface area contributed by atoms with Gasteiger partial charge in [0.05, 0.1) is 6.26 Å². The average molecular weight is 525 g/mol. The van der Waals surface area contributed by atoms with Crippen molar-refractivity contribution >= 4 is 34.1 Å². The van der Waals surface area contributed by atoms with E-state index in [0.717, 1.165) is 63.9 Å². The molecule has 2 aromatic carbocycles. The summed E-state index contributed by atoms with van der Waals surface area (Å²) in [4.78, 5) is 16.5. The van der Waals surface area contributed by atoms with Crippen molar-refractivity contribution in [3.63, 3.8) is 0 Å². The largest absolute Gasteiger partial charge is 0.457 e. The molecule has 35 heavy (non-hydrogen) atoms. The number of unbranched alkanes of at least 4 members (excludes halogenated alkanes) is 1. The van der Waals surface area contributed by atoms with E-state index in [9.17, 15) is 13.2 Å². The normalized spacial score (nSPS) is 14.6. The van der Waals surface area contributed by atoms with Gasteiger partial charge in [-0.3, -0.25) is 9.62 Å². The van der Waals surface area contributed by atoms with Crippen LogP contribution in [0.1, 0.15) is 38.2 Å². The van der Waals surface area contributed by atoms with Crippen molar-refractivity contribution in [2.24, 2.45) is 0 Å². The molecule has 2 aromatic rings. The maximum Gasteiger partial charge on any atom is 0.317 e. The number of nitrogens with zero attached hydrogens (tertiary/aromatic N) is 2. The number of sulfonamides is 1. The third kappa shape index (κ3) is 9.95. The minimum Gasteiger partial charge on any atom is -0.457 e. The van der Waals surface area contributed by atoms with Crippen LogP contribution in [0.3, 0.4) is 0 Å². The number of benzene rings is 2. The predicted octanol–water partition coefficient (Wildman–Crippen LogP) is 4.68. The van der Waals surface area contributed by atoms with E-state index in [0.29, 0.717) is 11.4 Å². The van der Waals surface area contributed by atoms with Gasteiger partial charge in [0.25, 0.3) is 0 Å². The number of carbonyl (C=O) groups excluding carboxylic acids is 1. The molecule has 0 radical (unpaired) electrons. The smallest absolute Gasteiger partial charge is 0.317 e. The van der Waals surface area contributed by atoms with Crippen molar-refractivity contribution in [3.05, 3.63) is 54.1 Å². The summed E-state index contributed by atoms with van der Waals surface area (Å²) in [6.07, 6.45) is 5.15. The second kappa shape index (κ2) is 13.6. The van der Waals surface area contributed by atoms with Gasteiger partial charge in [0.1, 0.15) is 11.5 Å². The maximum atomic E-state index is 12.3. The highest BCUT2D eigenvalue weighted by Crippen LogP contribution is 2.24. The van der Waals surface area contributed by atoms with Crippen molar-refractivity contribution in [3.8, 4) is 11.5 Å². The zero-order valence-corrected chi connectivity index (χ0v) is 22.3. The lowest BCUT2D eigenvalue weighted by molar-refractivity contribution is 0.174. The number of ether oxygens (including phenoxy) is 1. The van der Waals surface area contributed by atoms with Crippen LogP contribution in [-0.2, 0) is 16.6 Å². The first-order valence-corrected chi connectivity index (χ1v) is 13.7. The molecule has 1 saturated heterocycles. The molecule has 0 saturated carbocycles. The molecular formula is C25H37ClN4O4S. The highest BCUT2D eigenvalue weighted by molar-refractivity contribution is 7.92. The summed E-state index contributed by atoms with van der Waals surface area (Å²) < 4.78 is 30.9. The van der Waals surface area contributed by atoms with Crippen LogP contribution in [0.4, 0.5) is 10.5 Å². The first kappa shape index (κ1) is 28.7. The molecule has 1 fully saturated rings. The van der Waals surface area contributed by atoms with Crippen molar-refractivity contribution in [2.45, 2.75) is 45.2 Å². The number of likely N-dealkylation sites (tertiary alicyclic amines) is 1. The minimum absolute atomic E-state index is 0. The number of halogens is 1. The minimum atomic E-state index is -3.30. The first-order chi connectivity index (χ1) is 16.2. The number of nitrogens with one attached hydrogen (secondary N) is 2. The van der Waals surface area contributed by atoms with Crippen LogP contribution in [0.5, 0.6) is 11.5 Å². The molecule has 1 aliphatic rings. The second-order valence-electron chi connectivity index (χ2n) is 8.92. The number of urea groups is 1. The summed E-state index contributed by atoms with van der Waals surface area (Å²) in [5, 5.41) is 3.17. The summed E-state index contributed by atoms with van der Waals surface area (Å²) in [6, 6.07) is 15.1. The van der Waals surface area contributed by atoms with Gasteiger partial charge in [0, 0.05) is 45.0 Å². The number of anilines is 1. The summed E-state index contributed by atoms with van der Waals surface area (Å²) in [6.45, 7) is 5.70. The van der Waals surface area contributed by atoms with Gasteiger partial charge in [0.2, 0.25) is 10.0 Å². The van der Waals surface area contributed by atoms with Crippen LogP contribution in [0.2, 0.25) is 0 Å². The molecule has 0 bridgehead atoms. The Bertz CT molecular complexity index is 1020. The Balaban J connectivity index is 0.00000432. The Hall–Kier alpha value is -2.49. The van der Waals surface area contributed by atoms with Crippen LogP contribution in [0.15, 0.2) is 48.5 Å². The summed E-state index contributed by atoms with van der Waals surface area (Å²) in [7, 11) is -1.44. The summed E-state index contributed by atoms with van der Waals surface area (Å²) >= 11 is 0. The molecular weight excluding hydrogens is 488 g/mol. The van der Waals surface area contributed by atoms with Gasteiger partial charge in [0.15, 0.2) is 0 Å². The third-order valence-electron chi connectivity index (χ3n) is 5.83. The Morgan fingerprint density at radius 2 is 1.63 bits per heavy atom. The van der Waals surface area contributed by atoms with Gasteiger partial charge in [-0.1, -0.05) is 25.5 Å². The predicted molar refractivity (Wildman–Crippen MR) is 143 cm³/mol. The van der Waals surface area contributed by atoms with Crippen LogP contribution in [0, 0.1) is 0 Å². The number of hydrogen-bond acceptors (Lipinski definition) is 5. The number of piperidine rings is 1. The molecule has 0 atom stereocenters. The molecule has 2 amide bonds. The van der Waals surface area contributed by atoms with E-state index in [4.69, 9.17) is 4.74 Å². The molecule has 0 spiro atoms. The molecule has 0 unspecified atom stereocenters. The van der Waals surface area contributed by atoms with Gasteiger partial charge in [-0.2, -0.15) is 0 Å². The lowest BCUT2D eigenvalue weighted by Crippen LogP contribution is -2.48. The van der Waals surface area contributed by atoms with E-state index in [1.54, 1.807) is 29.2 Å². The fourth-order valence-corrected chi connectivity index (χ4v) is 4.44. The van der Waals surface area contributed by atoms with Crippen molar-refractivity contribution in [1.29, 1.82) is 0 Å². The number of carbonyl (C=O) groups is 1. The number of rotatable bonds is 10. The number of hydrogen-bond donors (Lipinski definition) is 2. The van der Waals surface area contributed by atoms with E-state index < -0.39 is 10.0 Å². The lowest BCUT2D eigenvalue weighted by atomic mass is 10.0. The van der Waals surface area contributed by atoms with E-state index in [2.05, 4.69) is 34.0 Å². The standard InChI is InChI=1S/C25H36N4O4S.ClH/c1-4-5-16-28(2)25(30)26-21-14-17-29(18-15-21)19-20-6-10-23(11-7-20)33-24-12-8-22(9-13-24)27-34(3,31)32;/h6-13,21,27H,4-5,14-19H2,1-3H3,(H,26,30);1H. The highest BCUT2D eigenvalue weighted by Gasteiger charge is 2.21. The summed E-state index contributed by atoms with van der Waals surface area (Å²) in [5.41, 5.74) is 1.71. The molecule has 8 nitrogen and oxygen atoms in total. The Morgan fingerprint density at radius 3 is 2.17 bits per heavy atom. The maximum absolute atomic E-state index is 12.3. The lowest BCUT2D eigenvalue weighted by Gasteiger charge is -2.33. The fraction of sp³-hybridized carbons (Fsp3) is 0.480. The van der Waals surface area contributed by atoms with Crippen LogP contribution in [0.25, 0.3) is 0 Å². The molecule has 1 heterocycles. The molecule has 194 valence electrons. The molecule has 1 aliphatic heterocycles. The topological polar surface area (TPSA) is 91.0 Å². The first-order valence-electron chi connectivity index (χ1n) is 11.8. The van der Waals surface area contributed by atoms with Crippen LogP contribution < -0.4 is 14.8 Å². The van der Waals surface area contributed by atoms with Gasteiger partial charge in [-0.25, -0.2) is 13.2 Å². The number of amides is 2. The molecule has 10 heteroatoms. The zero-order valence-electron chi connectivity index (χ0n) is 20.7. The van der Waals surface area contributed by atoms with Gasteiger partial charge < -0.3 is 15.0 Å². The third-order valence-corrected chi connectivity index (χ3v) is 6.44. The van der Waals surface area contributed by atoms with Gasteiger partial charge in [-0.05, 0) is 61.2 Å².